The van der Waals surface area contributed by atoms with E-state index in [1.807, 2.05) is 0 Å². The van der Waals surface area contributed by atoms with Crippen LogP contribution in [0.1, 0.15) is 23.0 Å². The number of hydrogen-bond acceptors (Lipinski definition) is 7. The molecule has 0 atom stereocenters. The molecule has 2 N–H and O–H groups in total. The van der Waals surface area contributed by atoms with E-state index in [4.69, 9.17) is 9.15 Å². The number of hydrogen-bond donors (Lipinski definition) is 2. The molecule has 0 radical (unpaired) electrons. The standard InChI is InChI=1S/C17H13NO6S/c1-2-23-16(21)9-3-5-12(19)11(7-9)13-6-4-10(24-13)8-14-15(20)18-17(22)25-14/h3-8,19H,2H2,1H3,(H,18,20,22)/b14-8-. The van der Waals surface area contributed by atoms with Crippen molar-refractivity contribution in [2.45, 2.75) is 6.92 Å². The van der Waals surface area contributed by atoms with Crippen LogP contribution in [0.5, 0.6) is 5.75 Å². The third-order valence-corrected chi connectivity index (χ3v) is 4.13. The van der Waals surface area contributed by atoms with Crippen molar-refractivity contribution in [1.82, 2.24) is 5.32 Å². The number of furan rings is 1. The summed E-state index contributed by atoms with van der Waals surface area (Å²) in [5.74, 6) is -0.409. The van der Waals surface area contributed by atoms with Gasteiger partial charge in [-0.3, -0.25) is 14.9 Å². The Morgan fingerprint density at radius 3 is 2.80 bits per heavy atom. The number of imide groups is 1. The summed E-state index contributed by atoms with van der Waals surface area (Å²) < 4.78 is 10.5. The van der Waals surface area contributed by atoms with Gasteiger partial charge in [0.05, 0.1) is 22.6 Å². The number of phenols is 1. The first-order valence-corrected chi connectivity index (χ1v) is 8.14. The van der Waals surface area contributed by atoms with Crippen LogP contribution in [0.3, 0.4) is 0 Å². The van der Waals surface area contributed by atoms with Gasteiger partial charge in [0.25, 0.3) is 11.1 Å². The minimum Gasteiger partial charge on any atom is -0.507 e. The Bertz CT molecular complexity index is 898. The number of carbonyl (C=O) groups excluding carboxylic acids is 3. The summed E-state index contributed by atoms with van der Waals surface area (Å²) in [6, 6.07) is 7.48. The Hall–Kier alpha value is -3.00. The zero-order valence-electron chi connectivity index (χ0n) is 13.1. The molecule has 7 nitrogen and oxygen atoms in total. The Balaban J connectivity index is 1.91. The third-order valence-electron chi connectivity index (χ3n) is 3.32. The summed E-state index contributed by atoms with van der Waals surface area (Å²) in [6.07, 6.45) is 1.43. The lowest BCUT2D eigenvalue weighted by molar-refractivity contribution is -0.115. The molecule has 1 fully saturated rings. The third kappa shape index (κ3) is 3.58. The van der Waals surface area contributed by atoms with Gasteiger partial charge in [-0.2, -0.15) is 0 Å². The summed E-state index contributed by atoms with van der Waals surface area (Å²) >= 11 is 0.780. The Kier molecular flexibility index (Phi) is 4.62. The fourth-order valence-electron chi connectivity index (χ4n) is 2.20. The molecular formula is C17H13NO6S. The molecule has 0 aliphatic carbocycles. The van der Waals surface area contributed by atoms with Crippen molar-refractivity contribution in [3.63, 3.8) is 0 Å². The Morgan fingerprint density at radius 1 is 1.32 bits per heavy atom. The fraction of sp³-hybridized carbons (Fsp3) is 0.118. The van der Waals surface area contributed by atoms with Gasteiger partial charge in [0.2, 0.25) is 0 Å². The van der Waals surface area contributed by atoms with Crippen LogP contribution in [0.4, 0.5) is 4.79 Å². The number of nitrogens with one attached hydrogen (secondary N) is 1. The van der Waals surface area contributed by atoms with Crippen molar-refractivity contribution in [1.29, 1.82) is 0 Å². The van der Waals surface area contributed by atoms with E-state index >= 15 is 0 Å². The highest BCUT2D eigenvalue weighted by Crippen LogP contribution is 2.33. The van der Waals surface area contributed by atoms with Crippen LogP contribution < -0.4 is 5.32 Å². The van der Waals surface area contributed by atoms with E-state index in [0.29, 0.717) is 17.1 Å². The Labute approximate surface area is 146 Å². The van der Waals surface area contributed by atoms with Crippen molar-refractivity contribution in [2.24, 2.45) is 0 Å². The molecule has 1 aliphatic rings. The molecule has 8 heteroatoms. The fourth-order valence-corrected chi connectivity index (χ4v) is 2.86. The lowest BCUT2D eigenvalue weighted by Gasteiger charge is -2.05. The maximum atomic E-state index is 11.8. The lowest BCUT2D eigenvalue weighted by Crippen LogP contribution is -2.17. The maximum absolute atomic E-state index is 11.8. The van der Waals surface area contributed by atoms with E-state index in [1.54, 1.807) is 19.1 Å². The number of thioether (sulfide) groups is 1. The molecule has 25 heavy (non-hydrogen) atoms. The van der Waals surface area contributed by atoms with Gasteiger partial charge in [-0.15, -0.1) is 0 Å². The van der Waals surface area contributed by atoms with Gasteiger partial charge >= 0.3 is 5.97 Å². The zero-order valence-corrected chi connectivity index (χ0v) is 13.9. The van der Waals surface area contributed by atoms with Crippen molar-refractivity contribution < 1.29 is 28.6 Å². The summed E-state index contributed by atoms with van der Waals surface area (Å²) in [5, 5.41) is 11.7. The SMILES string of the molecule is CCOC(=O)c1ccc(O)c(-c2ccc(/C=C3\SC(=O)NC3=O)o2)c1. The number of benzene rings is 1. The van der Waals surface area contributed by atoms with Crippen LogP contribution in [0.25, 0.3) is 17.4 Å². The number of phenolic OH excluding ortho intramolecular Hbond substituents is 1. The first kappa shape index (κ1) is 16.8. The molecule has 0 bridgehead atoms. The number of rotatable bonds is 4. The molecule has 0 saturated carbocycles. The molecule has 0 unspecified atom stereocenters. The largest absolute Gasteiger partial charge is 0.507 e. The molecule has 1 aromatic carbocycles. The van der Waals surface area contributed by atoms with E-state index in [9.17, 15) is 19.5 Å². The lowest BCUT2D eigenvalue weighted by atomic mass is 10.1. The zero-order chi connectivity index (χ0) is 18.0. The van der Waals surface area contributed by atoms with E-state index in [2.05, 4.69) is 5.32 Å². The van der Waals surface area contributed by atoms with E-state index in [0.717, 1.165) is 11.8 Å². The van der Waals surface area contributed by atoms with Crippen LogP contribution in [-0.2, 0) is 9.53 Å². The van der Waals surface area contributed by atoms with Gasteiger partial charge in [-0.05, 0) is 49.0 Å². The highest BCUT2D eigenvalue weighted by atomic mass is 32.2. The van der Waals surface area contributed by atoms with Crippen LogP contribution in [0.15, 0.2) is 39.7 Å². The summed E-state index contributed by atoms with van der Waals surface area (Å²) in [5.41, 5.74) is 0.595. The monoisotopic (exact) mass is 359 g/mol. The first-order valence-electron chi connectivity index (χ1n) is 7.33. The van der Waals surface area contributed by atoms with Crippen molar-refractivity contribution in [3.8, 4) is 17.1 Å². The molecule has 1 aliphatic heterocycles. The molecule has 2 amide bonds. The second kappa shape index (κ2) is 6.86. The Morgan fingerprint density at radius 2 is 2.12 bits per heavy atom. The van der Waals surface area contributed by atoms with E-state index < -0.39 is 17.1 Å². The molecule has 1 saturated heterocycles. The number of esters is 1. The van der Waals surface area contributed by atoms with Gasteiger partial charge < -0.3 is 14.3 Å². The van der Waals surface area contributed by atoms with Crippen molar-refractivity contribution in [2.75, 3.05) is 6.61 Å². The topological polar surface area (TPSA) is 106 Å². The maximum Gasteiger partial charge on any atom is 0.338 e. The quantitative estimate of drug-likeness (QED) is 0.638. The first-order chi connectivity index (χ1) is 12.0. The molecule has 2 aromatic rings. The summed E-state index contributed by atoms with van der Waals surface area (Å²) in [7, 11) is 0. The van der Waals surface area contributed by atoms with Crippen molar-refractivity contribution in [3.05, 3.63) is 46.6 Å². The number of amides is 2. The molecule has 3 rings (SSSR count). The highest BCUT2D eigenvalue weighted by Gasteiger charge is 2.25. The minimum atomic E-state index is -0.504. The predicted molar refractivity (Wildman–Crippen MR) is 90.9 cm³/mol. The summed E-state index contributed by atoms with van der Waals surface area (Å²) in [6.45, 7) is 1.94. The molecule has 2 heterocycles. The smallest absolute Gasteiger partial charge is 0.338 e. The average molecular weight is 359 g/mol. The van der Waals surface area contributed by atoms with Gasteiger partial charge in [-0.25, -0.2) is 4.79 Å². The molecule has 1 aromatic heterocycles. The van der Waals surface area contributed by atoms with Crippen LogP contribution in [-0.4, -0.2) is 28.8 Å². The second-order valence-corrected chi connectivity index (χ2v) is 6.02. The van der Waals surface area contributed by atoms with Gasteiger partial charge in [0.15, 0.2) is 0 Å². The van der Waals surface area contributed by atoms with Crippen LogP contribution >= 0.6 is 11.8 Å². The minimum absolute atomic E-state index is 0.0650. The van der Waals surface area contributed by atoms with E-state index in [-0.39, 0.29) is 22.8 Å². The normalized spacial score (nSPS) is 15.5. The van der Waals surface area contributed by atoms with Gasteiger partial charge in [0, 0.05) is 6.08 Å². The number of carbonyl (C=O) groups is 3. The van der Waals surface area contributed by atoms with E-state index in [1.165, 1.54) is 24.3 Å². The molecular weight excluding hydrogens is 346 g/mol. The van der Waals surface area contributed by atoms with Crippen LogP contribution in [0.2, 0.25) is 0 Å². The second-order valence-electron chi connectivity index (χ2n) is 5.01. The molecule has 0 spiro atoms. The van der Waals surface area contributed by atoms with Crippen molar-refractivity contribution >= 4 is 35.0 Å². The number of ether oxygens (including phenoxy) is 1. The number of aromatic hydroxyl groups is 1. The summed E-state index contributed by atoms with van der Waals surface area (Å²) in [4.78, 5) is 34.7. The predicted octanol–water partition coefficient (Wildman–Crippen LogP) is 3.15. The average Bonchev–Trinajstić information content (AvgIpc) is 3.15. The van der Waals surface area contributed by atoms with Gasteiger partial charge in [0.1, 0.15) is 17.3 Å². The van der Waals surface area contributed by atoms with Crippen LogP contribution in [0, 0.1) is 0 Å². The highest BCUT2D eigenvalue weighted by molar-refractivity contribution is 8.18. The molecule has 128 valence electrons. The van der Waals surface area contributed by atoms with Gasteiger partial charge in [-0.1, -0.05) is 0 Å².